The molecule has 0 aliphatic heterocycles. The molecular weight excluding hydrogens is 366 g/mol. The Kier molecular flexibility index (Phi) is 3.31. The highest BCUT2D eigenvalue weighted by atomic mass is 32.1. The molecule has 8 nitrogen and oxygen atoms in total. The number of nitrogens with one attached hydrogen (secondary N) is 1. The zero-order chi connectivity index (χ0) is 18.5. The van der Waals surface area contributed by atoms with Crippen molar-refractivity contribution in [3.8, 4) is 10.7 Å². The van der Waals surface area contributed by atoms with Crippen molar-refractivity contribution in [2.24, 2.45) is 0 Å². The first-order chi connectivity index (χ1) is 13.2. The van der Waals surface area contributed by atoms with Crippen LogP contribution in [0.15, 0.2) is 47.3 Å². The number of esters is 1. The zero-order valence-electron chi connectivity index (χ0n) is 14.0. The van der Waals surface area contributed by atoms with Gasteiger partial charge in [-0.3, -0.25) is 4.79 Å². The Balaban J connectivity index is 1.80. The average Bonchev–Trinajstić information content (AvgIpc) is 3.30. The first kappa shape index (κ1) is 15.6. The SMILES string of the molecule is COC(=O)c1ccc2c(=O)nc3c(-c4nc5ccccc5s4)n[nH]n3c2c1. The van der Waals surface area contributed by atoms with E-state index in [-0.39, 0.29) is 0 Å². The first-order valence-electron chi connectivity index (χ1n) is 8.01. The number of fused-ring (bicyclic) bond motifs is 4. The molecule has 5 aromatic rings. The maximum atomic E-state index is 12.5. The summed E-state index contributed by atoms with van der Waals surface area (Å²) in [6.45, 7) is 0. The summed E-state index contributed by atoms with van der Waals surface area (Å²) in [5, 5.41) is 8.21. The Labute approximate surface area is 155 Å². The van der Waals surface area contributed by atoms with Crippen molar-refractivity contribution in [1.29, 1.82) is 0 Å². The van der Waals surface area contributed by atoms with Crippen LogP contribution in [0.2, 0.25) is 0 Å². The number of thiazole rings is 1. The molecule has 0 fully saturated rings. The van der Waals surface area contributed by atoms with Crippen LogP contribution in [0, 0.1) is 0 Å². The molecule has 3 heterocycles. The summed E-state index contributed by atoms with van der Waals surface area (Å²) in [4.78, 5) is 33.1. The maximum Gasteiger partial charge on any atom is 0.337 e. The molecule has 3 aromatic heterocycles. The van der Waals surface area contributed by atoms with Gasteiger partial charge in [-0.15, -0.1) is 11.3 Å². The van der Waals surface area contributed by atoms with Crippen LogP contribution in [0.25, 0.3) is 37.5 Å². The van der Waals surface area contributed by atoms with Gasteiger partial charge in [0.05, 0.1) is 33.8 Å². The molecule has 2 aromatic carbocycles. The predicted molar refractivity (Wildman–Crippen MR) is 101 cm³/mol. The standard InChI is InChI=1S/C18H11N5O3S/c1-26-18(25)9-6-7-10-12(8-9)23-15(20-16(10)24)14(21-22-23)17-19-11-4-2-3-5-13(11)27-17/h2-8,22H,1H3. The minimum atomic E-state index is -0.485. The number of carbonyl (C=O) groups is 1. The molecule has 0 radical (unpaired) electrons. The molecule has 0 amide bonds. The van der Waals surface area contributed by atoms with Crippen molar-refractivity contribution >= 4 is 44.1 Å². The number of H-pyrrole nitrogens is 1. The van der Waals surface area contributed by atoms with Gasteiger partial charge in [-0.25, -0.2) is 19.5 Å². The molecule has 5 rings (SSSR count). The molecule has 0 atom stereocenters. The Morgan fingerprint density at radius 1 is 1.19 bits per heavy atom. The minimum absolute atomic E-state index is 0.334. The normalized spacial score (nSPS) is 11.4. The quantitative estimate of drug-likeness (QED) is 0.475. The largest absolute Gasteiger partial charge is 0.465 e. The van der Waals surface area contributed by atoms with Crippen molar-refractivity contribution in [2.45, 2.75) is 0 Å². The fourth-order valence-electron chi connectivity index (χ4n) is 2.99. The number of ether oxygens (including phenoxy) is 1. The Hall–Kier alpha value is -3.59. The van der Waals surface area contributed by atoms with Gasteiger partial charge in [-0.05, 0) is 30.3 Å². The number of methoxy groups -OCH3 is 1. The van der Waals surface area contributed by atoms with Crippen molar-refractivity contribution in [1.82, 2.24) is 24.8 Å². The molecular formula is C18H11N5O3S. The van der Waals surface area contributed by atoms with Gasteiger partial charge in [-0.2, -0.15) is 10.1 Å². The fourth-order valence-corrected chi connectivity index (χ4v) is 3.94. The smallest absolute Gasteiger partial charge is 0.337 e. The second-order valence-electron chi connectivity index (χ2n) is 5.85. The highest BCUT2D eigenvalue weighted by molar-refractivity contribution is 7.21. The molecule has 0 saturated heterocycles. The highest BCUT2D eigenvalue weighted by Crippen LogP contribution is 2.30. The van der Waals surface area contributed by atoms with Crippen molar-refractivity contribution < 1.29 is 9.53 Å². The van der Waals surface area contributed by atoms with Crippen LogP contribution in [-0.4, -0.2) is 37.9 Å². The lowest BCUT2D eigenvalue weighted by molar-refractivity contribution is 0.0601. The number of benzene rings is 2. The van der Waals surface area contributed by atoms with Crippen molar-refractivity contribution in [3.63, 3.8) is 0 Å². The number of aromatic nitrogens is 5. The van der Waals surface area contributed by atoms with Gasteiger partial charge in [0.15, 0.2) is 11.3 Å². The summed E-state index contributed by atoms with van der Waals surface area (Å²) in [6, 6.07) is 12.4. The lowest BCUT2D eigenvalue weighted by Crippen LogP contribution is -2.11. The molecule has 9 heteroatoms. The van der Waals surface area contributed by atoms with Gasteiger partial charge in [0, 0.05) is 0 Å². The van der Waals surface area contributed by atoms with Crippen LogP contribution in [0.5, 0.6) is 0 Å². The van der Waals surface area contributed by atoms with E-state index in [0.29, 0.717) is 32.8 Å². The molecule has 132 valence electrons. The monoisotopic (exact) mass is 377 g/mol. The van der Waals surface area contributed by atoms with E-state index in [1.165, 1.54) is 24.5 Å². The summed E-state index contributed by atoms with van der Waals surface area (Å²) >= 11 is 1.47. The number of hydrogen-bond donors (Lipinski definition) is 1. The van der Waals surface area contributed by atoms with Gasteiger partial charge in [0.2, 0.25) is 0 Å². The summed E-state index contributed by atoms with van der Waals surface area (Å²) < 4.78 is 7.35. The number of hydrogen-bond acceptors (Lipinski definition) is 7. The molecule has 0 bridgehead atoms. The van der Waals surface area contributed by atoms with Crippen LogP contribution in [0.4, 0.5) is 0 Å². The van der Waals surface area contributed by atoms with Gasteiger partial charge < -0.3 is 4.74 Å². The fraction of sp³-hybridized carbons (Fsp3) is 0.0556. The maximum absolute atomic E-state index is 12.5. The third-order valence-electron chi connectivity index (χ3n) is 4.28. The Morgan fingerprint density at radius 3 is 2.85 bits per heavy atom. The zero-order valence-corrected chi connectivity index (χ0v) is 14.8. The van der Waals surface area contributed by atoms with Crippen molar-refractivity contribution in [2.75, 3.05) is 7.11 Å². The van der Waals surface area contributed by atoms with Crippen LogP contribution >= 0.6 is 11.3 Å². The average molecular weight is 377 g/mol. The first-order valence-corrected chi connectivity index (χ1v) is 8.82. The molecule has 0 aliphatic rings. The van der Waals surface area contributed by atoms with Gasteiger partial charge >= 0.3 is 5.97 Å². The summed E-state index contributed by atoms with van der Waals surface area (Å²) in [7, 11) is 1.31. The van der Waals surface area contributed by atoms with E-state index >= 15 is 0 Å². The third-order valence-corrected chi connectivity index (χ3v) is 5.32. The number of carbonyl (C=O) groups excluding carboxylic acids is 1. The Bertz CT molecular complexity index is 1380. The van der Waals surface area contributed by atoms with Crippen molar-refractivity contribution in [3.05, 3.63) is 58.4 Å². The molecule has 1 N–H and O–H groups in total. The van der Waals surface area contributed by atoms with Crippen LogP contribution < -0.4 is 5.56 Å². The molecule has 0 unspecified atom stereocenters. The van der Waals surface area contributed by atoms with Gasteiger partial charge in [0.1, 0.15) is 5.01 Å². The summed E-state index contributed by atoms with van der Waals surface area (Å²) in [5.74, 6) is -0.485. The molecule has 0 aliphatic carbocycles. The lowest BCUT2D eigenvalue weighted by atomic mass is 10.1. The third kappa shape index (κ3) is 2.32. The molecule has 0 spiro atoms. The summed E-state index contributed by atoms with van der Waals surface area (Å²) in [5.41, 5.74) is 2.13. The highest BCUT2D eigenvalue weighted by Gasteiger charge is 2.18. The topological polar surface area (TPSA) is 102 Å². The van der Waals surface area contributed by atoms with E-state index in [4.69, 9.17) is 4.74 Å². The Morgan fingerprint density at radius 2 is 2.04 bits per heavy atom. The van der Waals surface area contributed by atoms with E-state index in [1.807, 2.05) is 24.3 Å². The van der Waals surface area contributed by atoms with E-state index in [2.05, 4.69) is 20.3 Å². The van der Waals surface area contributed by atoms with E-state index in [9.17, 15) is 9.59 Å². The lowest BCUT2D eigenvalue weighted by Gasteiger charge is -2.03. The van der Waals surface area contributed by atoms with E-state index in [0.717, 1.165) is 10.2 Å². The van der Waals surface area contributed by atoms with Gasteiger partial charge in [-0.1, -0.05) is 12.1 Å². The predicted octanol–water partition coefficient (Wildman–Crippen LogP) is 2.63. The number of aromatic amines is 1. The number of nitrogens with zero attached hydrogens (tertiary/aromatic N) is 4. The van der Waals surface area contributed by atoms with Crippen LogP contribution in [0.1, 0.15) is 10.4 Å². The number of rotatable bonds is 2. The molecule has 27 heavy (non-hydrogen) atoms. The van der Waals surface area contributed by atoms with Crippen LogP contribution in [-0.2, 0) is 4.74 Å². The number of para-hydroxylation sites is 1. The second kappa shape index (κ2) is 5.71. The molecule has 0 saturated carbocycles. The van der Waals surface area contributed by atoms with Crippen LogP contribution in [0.3, 0.4) is 0 Å². The van der Waals surface area contributed by atoms with E-state index < -0.39 is 11.5 Å². The minimum Gasteiger partial charge on any atom is -0.465 e. The second-order valence-corrected chi connectivity index (χ2v) is 6.88. The van der Waals surface area contributed by atoms with E-state index in [1.54, 1.807) is 16.6 Å². The summed E-state index contributed by atoms with van der Waals surface area (Å²) in [6.07, 6.45) is 0. The van der Waals surface area contributed by atoms with Gasteiger partial charge in [0.25, 0.3) is 5.56 Å².